The van der Waals surface area contributed by atoms with E-state index in [1.807, 2.05) is 0 Å². The van der Waals surface area contributed by atoms with Gasteiger partial charge in [0.2, 0.25) is 0 Å². The van der Waals surface area contributed by atoms with E-state index < -0.39 is 0 Å². The number of ether oxygens (including phenoxy) is 1. The van der Waals surface area contributed by atoms with Gasteiger partial charge in [0.1, 0.15) is 11.6 Å². The van der Waals surface area contributed by atoms with Crippen molar-refractivity contribution in [2.75, 3.05) is 18.5 Å². The van der Waals surface area contributed by atoms with Gasteiger partial charge >= 0.3 is 0 Å². The molecule has 4 nitrogen and oxygen atoms in total. The molecule has 2 rings (SSSR count). The summed E-state index contributed by atoms with van der Waals surface area (Å²) in [6.07, 6.45) is 4.20. The summed E-state index contributed by atoms with van der Waals surface area (Å²) in [5.41, 5.74) is 2.34. The van der Waals surface area contributed by atoms with E-state index in [2.05, 4.69) is 26.1 Å². The number of hydrogen-bond donors (Lipinski definition) is 1. The first kappa shape index (κ1) is 14.3. The minimum atomic E-state index is 0.468. The maximum atomic E-state index is 5.55. The van der Waals surface area contributed by atoms with Crippen LogP contribution in [-0.4, -0.2) is 23.1 Å². The summed E-state index contributed by atoms with van der Waals surface area (Å²) in [7, 11) is 0. The number of hydrogen-bond acceptors (Lipinski definition) is 4. The smallest absolute Gasteiger partial charge is 0.135 e. The van der Waals surface area contributed by atoms with Gasteiger partial charge in [-0.05, 0) is 19.3 Å². The molecule has 1 aliphatic rings. The van der Waals surface area contributed by atoms with Gasteiger partial charge in [0.15, 0.2) is 0 Å². The van der Waals surface area contributed by atoms with E-state index in [0.29, 0.717) is 12.5 Å². The minimum Gasteiger partial charge on any atom is -0.376 e. The van der Waals surface area contributed by atoms with E-state index in [9.17, 15) is 0 Å². The molecule has 1 aromatic heterocycles. The Bertz CT molecular complexity index is 416. The van der Waals surface area contributed by atoms with Crippen LogP contribution in [0.5, 0.6) is 0 Å². The molecule has 1 aliphatic heterocycles. The number of rotatable bonds is 6. The maximum Gasteiger partial charge on any atom is 0.135 e. The number of aromatic nitrogens is 2. The third kappa shape index (κ3) is 3.24. The Hall–Kier alpha value is -1.16. The Balaban J connectivity index is 2.35. The Kier molecular flexibility index (Phi) is 5.14. The summed E-state index contributed by atoms with van der Waals surface area (Å²) in [5.74, 6) is 2.47. The van der Waals surface area contributed by atoms with Gasteiger partial charge in [-0.3, -0.25) is 0 Å². The lowest BCUT2D eigenvalue weighted by molar-refractivity contribution is 0.109. The summed E-state index contributed by atoms with van der Waals surface area (Å²) in [5, 5.41) is 3.43. The molecule has 0 saturated heterocycles. The second kappa shape index (κ2) is 6.85. The predicted octanol–water partition coefficient (Wildman–Crippen LogP) is 3.27. The van der Waals surface area contributed by atoms with E-state index >= 15 is 0 Å². The van der Waals surface area contributed by atoms with Crippen LogP contribution in [0.4, 0.5) is 5.82 Å². The third-order valence-electron chi connectivity index (χ3n) is 3.73. The molecular formula is C15H25N3O. The minimum absolute atomic E-state index is 0.468. The summed E-state index contributed by atoms with van der Waals surface area (Å²) in [6, 6.07) is 0. The summed E-state index contributed by atoms with van der Waals surface area (Å²) < 4.78 is 5.55. The lowest BCUT2D eigenvalue weighted by atomic mass is 10.0. The van der Waals surface area contributed by atoms with Crippen molar-refractivity contribution in [2.24, 2.45) is 0 Å². The quantitative estimate of drug-likeness (QED) is 0.855. The van der Waals surface area contributed by atoms with Crippen molar-refractivity contribution in [1.29, 1.82) is 0 Å². The average molecular weight is 263 g/mol. The van der Waals surface area contributed by atoms with Crippen molar-refractivity contribution in [3.63, 3.8) is 0 Å². The molecule has 0 unspecified atom stereocenters. The molecule has 4 heteroatoms. The Labute approximate surface area is 116 Å². The van der Waals surface area contributed by atoms with Crippen molar-refractivity contribution >= 4 is 5.82 Å². The van der Waals surface area contributed by atoms with E-state index in [1.54, 1.807) is 0 Å². The van der Waals surface area contributed by atoms with Gasteiger partial charge in [-0.25, -0.2) is 9.97 Å². The first-order valence-electron chi connectivity index (χ1n) is 7.51. The van der Waals surface area contributed by atoms with Gasteiger partial charge in [-0.1, -0.05) is 20.8 Å². The van der Waals surface area contributed by atoms with Crippen LogP contribution in [0.3, 0.4) is 0 Å². The number of anilines is 1. The van der Waals surface area contributed by atoms with Crippen LogP contribution < -0.4 is 5.32 Å². The zero-order valence-corrected chi connectivity index (χ0v) is 12.3. The van der Waals surface area contributed by atoms with Crippen LogP contribution in [0, 0.1) is 0 Å². The maximum absolute atomic E-state index is 5.55. The molecule has 0 radical (unpaired) electrons. The van der Waals surface area contributed by atoms with Crippen molar-refractivity contribution < 1.29 is 4.74 Å². The molecule has 0 bridgehead atoms. The summed E-state index contributed by atoms with van der Waals surface area (Å²) >= 11 is 0. The van der Waals surface area contributed by atoms with Crippen molar-refractivity contribution in [3.05, 3.63) is 17.1 Å². The van der Waals surface area contributed by atoms with Crippen molar-refractivity contribution in [1.82, 2.24) is 9.97 Å². The average Bonchev–Trinajstić information content (AvgIpc) is 2.46. The van der Waals surface area contributed by atoms with Crippen LogP contribution in [0.25, 0.3) is 0 Å². The van der Waals surface area contributed by atoms with Gasteiger partial charge in [-0.15, -0.1) is 0 Å². The second-order valence-electron chi connectivity index (χ2n) is 5.10. The zero-order valence-electron chi connectivity index (χ0n) is 12.3. The van der Waals surface area contributed by atoms with Gasteiger partial charge in [0.05, 0.1) is 18.9 Å². The van der Waals surface area contributed by atoms with Gasteiger partial charge in [0, 0.05) is 24.4 Å². The Morgan fingerprint density at radius 3 is 2.68 bits per heavy atom. The van der Waals surface area contributed by atoms with Crippen LogP contribution in [0.1, 0.15) is 63.0 Å². The molecule has 1 N–H and O–H groups in total. The molecule has 0 saturated carbocycles. The van der Waals surface area contributed by atoms with E-state index in [1.165, 1.54) is 5.69 Å². The molecule has 0 spiro atoms. The monoisotopic (exact) mass is 263 g/mol. The lowest BCUT2D eigenvalue weighted by Crippen LogP contribution is -2.19. The summed E-state index contributed by atoms with van der Waals surface area (Å²) in [4.78, 5) is 9.56. The highest BCUT2D eigenvalue weighted by atomic mass is 16.5. The molecule has 0 aromatic carbocycles. The largest absolute Gasteiger partial charge is 0.376 e. The molecule has 2 heterocycles. The molecule has 1 aromatic rings. The fourth-order valence-electron chi connectivity index (χ4n) is 2.48. The molecule has 19 heavy (non-hydrogen) atoms. The molecule has 0 aliphatic carbocycles. The lowest BCUT2D eigenvalue weighted by Gasteiger charge is -2.22. The van der Waals surface area contributed by atoms with E-state index in [0.717, 1.165) is 56.0 Å². The molecule has 0 atom stereocenters. The second-order valence-corrected chi connectivity index (χ2v) is 5.10. The molecule has 106 valence electrons. The highest BCUT2D eigenvalue weighted by Gasteiger charge is 2.20. The SMILES string of the molecule is CCCNc1nc(C(CC)CC)nc2c1COCC2. The molecule has 0 fully saturated rings. The van der Waals surface area contributed by atoms with Gasteiger partial charge in [0.25, 0.3) is 0 Å². The Morgan fingerprint density at radius 1 is 1.21 bits per heavy atom. The number of nitrogens with one attached hydrogen (secondary N) is 1. The summed E-state index contributed by atoms with van der Waals surface area (Å²) in [6.45, 7) is 8.95. The van der Waals surface area contributed by atoms with Crippen molar-refractivity contribution in [2.45, 2.75) is 59.0 Å². The first-order valence-corrected chi connectivity index (χ1v) is 7.51. The van der Waals surface area contributed by atoms with Crippen LogP contribution in [0.2, 0.25) is 0 Å². The van der Waals surface area contributed by atoms with Crippen LogP contribution >= 0.6 is 0 Å². The van der Waals surface area contributed by atoms with E-state index in [4.69, 9.17) is 14.7 Å². The normalized spacial score (nSPS) is 14.5. The van der Waals surface area contributed by atoms with Gasteiger partial charge in [-0.2, -0.15) is 0 Å². The van der Waals surface area contributed by atoms with E-state index in [-0.39, 0.29) is 0 Å². The highest BCUT2D eigenvalue weighted by Crippen LogP contribution is 2.27. The topological polar surface area (TPSA) is 47.0 Å². The number of fused-ring (bicyclic) bond motifs is 1. The molecular weight excluding hydrogens is 238 g/mol. The zero-order chi connectivity index (χ0) is 13.7. The number of nitrogens with zero attached hydrogens (tertiary/aromatic N) is 2. The van der Waals surface area contributed by atoms with Gasteiger partial charge < -0.3 is 10.1 Å². The Morgan fingerprint density at radius 2 is 2.00 bits per heavy atom. The predicted molar refractivity (Wildman–Crippen MR) is 77.5 cm³/mol. The third-order valence-corrected chi connectivity index (χ3v) is 3.73. The van der Waals surface area contributed by atoms with Crippen LogP contribution in [-0.2, 0) is 17.8 Å². The van der Waals surface area contributed by atoms with Crippen molar-refractivity contribution in [3.8, 4) is 0 Å². The first-order chi connectivity index (χ1) is 9.30. The van der Waals surface area contributed by atoms with Crippen LogP contribution in [0.15, 0.2) is 0 Å². The fraction of sp³-hybridized carbons (Fsp3) is 0.733. The standard InChI is InChI=1S/C15H25N3O/c1-4-8-16-15-12-10-19-9-7-13(12)17-14(18-15)11(5-2)6-3/h11H,4-10H2,1-3H3,(H,16,17,18). The molecule has 0 amide bonds. The fourth-order valence-corrected chi connectivity index (χ4v) is 2.48. The highest BCUT2D eigenvalue weighted by molar-refractivity contribution is 5.47.